The monoisotopic (exact) mass is 464 g/mol. The van der Waals surface area contributed by atoms with Gasteiger partial charge in [-0.15, -0.1) is 10.2 Å². The normalized spacial score (nSPS) is 11.0. The topological polar surface area (TPSA) is 69.0 Å². The lowest BCUT2D eigenvalue weighted by Crippen LogP contribution is -2.14. The molecular formula is C21H22Cl2N4O2S. The van der Waals surface area contributed by atoms with Crippen LogP contribution in [0.4, 0.5) is 5.69 Å². The van der Waals surface area contributed by atoms with Crippen LogP contribution in [0.5, 0.6) is 5.75 Å². The van der Waals surface area contributed by atoms with Crippen LogP contribution in [0.1, 0.15) is 13.8 Å². The minimum atomic E-state index is -0.186. The average Bonchev–Trinajstić information content (AvgIpc) is 3.05. The van der Waals surface area contributed by atoms with Crippen LogP contribution >= 0.6 is 35.0 Å². The van der Waals surface area contributed by atoms with E-state index in [1.165, 1.54) is 11.8 Å². The molecule has 0 aliphatic heterocycles. The Kier molecular flexibility index (Phi) is 7.64. The number of carbonyl (C=O) groups is 1. The van der Waals surface area contributed by atoms with Gasteiger partial charge in [0.2, 0.25) is 5.91 Å². The van der Waals surface area contributed by atoms with Gasteiger partial charge in [-0.05, 0) is 48.4 Å². The molecule has 30 heavy (non-hydrogen) atoms. The molecule has 1 heterocycles. The number of ether oxygens (including phenoxy) is 1. The molecule has 0 aliphatic carbocycles. The van der Waals surface area contributed by atoms with Gasteiger partial charge in [-0.25, -0.2) is 0 Å². The maximum atomic E-state index is 12.3. The van der Waals surface area contributed by atoms with E-state index in [1.807, 2.05) is 35.9 Å². The van der Waals surface area contributed by atoms with Gasteiger partial charge in [0.05, 0.1) is 12.4 Å². The Bertz CT molecular complexity index is 1000. The van der Waals surface area contributed by atoms with E-state index in [9.17, 15) is 4.79 Å². The Labute approximate surface area is 189 Å². The third kappa shape index (κ3) is 6.14. The fraction of sp³-hybridized carbons (Fsp3) is 0.286. The number of anilines is 1. The molecule has 0 saturated heterocycles. The molecule has 3 aromatic rings. The molecule has 3 rings (SSSR count). The summed E-state index contributed by atoms with van der Waals surface area (Å²) < 4.78 is 7.57. The first kappa shape index (κ1) is 22.5. The van der Waals surface area contributed by atoms with Crippen molar-refractivity contribution in [1.29, 1.82) is 0 Å². The van der Waals surface area contributed by atoms with E-state index in [0.29, 0.717) is 33.4 Å². The second kappa shape index (κ2) is 10.2. The summed E-state index contributed by atoms with van der Waals surface area (Å²) in [6.07, 6.45) is 0. The first-order valence-electron chi connectivity index (χ1n) is 9.33. The van der Waals surface area contributed by atoms with Crippen LogP contribution in [-0.4, -0.2) is 33.0 Å². The Hall–Kier alpha value is -2.22. The standard InChI is InChI=1S/C21H22Cl2N4O2S/c1-13(2)11-29-18-6-4-14(5-7-18)20-25-26-21(27(20)3)30-12-19(28)24-17-9-15(22)8-16(23)10-17/h4-10,13H,11-12H2,1-3H3,(H,24,28). The van der Waals surface area contributed by atoms with E-state index >= 15 is 0 Å². The van der Waals surface area contributed by atoms with Crippen LogP contribution in [0, 0.1) is 5.92 Å². The lowest BCUT2D eigenvalue weighted by Gasteiger charge is -2.09. The Morgan fingerprint density at radius 3 is 2.43 bits per heavy atom. The zero-order valence-corrected chi connectivity index (χ0v) is 19.2. The minimum Gasteiger partial charge on any atom is -0.493 e. The van der Waals surface area contributed by atoms with Crippen molar-refractivity contribution in [2.24, 2.45) is 13.0 Å². The molecule has 158 valence electrons. The summed E-state index contributed by atoms with van der Waals surface area (Å²) in [5.41, 5.74) is 1.48. The highest BCUT2D eigenvalue weighted by atomic mass is 35.5. The number of aromatic nitrogens is 3. The lowest BCUT2D eigenvalue weighted by molar-refractivity contribution is -0.113. The zero-order valence-electron chi connectivity index (χ0n) is 16.9. The highest BCUT2D eigenvalue weighted by Gasteiger charge is 2.13. The maximum absolute atomic E-state index is 12.3. The number of rotatable bonds is 8. The van der Waals surface area contributed by atoms with E-state index in [1.54, 1.807) is 18.2 Å². The number of thioether (sulfide) groups is 1. The number of carbonyl (C=O) groups excluding carboxylic acids is 1. The predicted molar refractivity (Wildman–Crippen MR) is 123 cm³/mol. The fourth-order valence-electron chi connectivity index (χ4n) is 2.61. The van der Waals surface area contributed by atoms with Gasteiger partial charge in [-0.2, -0.15) is 0 Å². The Balaban J connectivity index is 1.60. The quantitative estimate of drug-likeness (QED) is 0.442. The largest absolute Gasteiger partial charge is 0.493 e. The van der Waals surface area contributed by atoms with Crippen LogP contribution in [-0.2, 0) is 11.8 Å². The molecule has 1 amide bonds. The van der Waals surface area contributed by atoms with Gasteiger partial charge in [0.25, 0.3) is 0 Å². The van der Waals surface area contributed by atoms with E-state index in [0.717, 1.165) is 17.1 Å². The van der Waals surface area contributed by atoms with E-state index < -0.39 is 0 Å². The van der Waals surface area contributed by atoms with Crippen molar-refractivity contribution in [3.63, 3.8) is 0 Å². The molecule has 0 aliphatic rings. The van der Waals surface area contributed by atoms with E-state index in [-0.39, 0.29) is 11.7 Å². The molecular weight excluding hydrogens is 443 g/mol. The molecule has 1 N–H and O–H groups in total. The van der Waals surface area contributed by atoms with Crippen LogP contribution in [0.3, 0.4) is 0 Å². The summed E-state index contributed by atoms with van der Waals surface area (Å²) in [7, 11) is 1.87. The highest BCUT2D eigenvalue weighted by molar-refractivity contribution is 7.99. The summed E-state index contributed by atoms with van der Waals surface area (Å²) in [6.45, 7) is 4.89. The maximum Gasteiger partial charge on any atom is 0.234 e. The molecule has 6 nitrogen and oxygen atoms in total. The SMILES string of the molecule is CC(C)COc1ccc(-c2nnc(SCC(=O)Nc3cc(Cl)cc(Cl)c3)n2C)cc1. The van der Waals surface area contributed by atoms with Crippen molar-refractivity contribution >= 4 is 46.6 Å². The second-order valence-electron chi connectivity index (χ2n) is 7.09. The van der Waals surface area contributed by atoms with Crippen molar-refractivity contribution < 1.29 is 9.53 Å². The number of amides is 1. The molecule has 9 heteroatoms. The third-order valence-electron chi connectivity index (χ3n) is 4.01. The average molecular weight is 465 g/mol. The first-order chi connectivity index (χ1) is 14.3. The Morgan fingerprint density at radius 2 is 1.80 bits per heavy atom. The summed E-state index contributed by atoms with van der Waals surface area (Å²) in [6, 6.07) is 12.6. The number of nitrogens with one attached hydrogen (secondary N) is 1. The summed E-state index contributed by atoms with van der Waals surface area (Å²) in [5, 5.41) is 12.8. The van der Waals surface area contributed by atoms with Crippen LogP contribution in [0.2, 0.25) is 10.0 Å². The fourth-order valence-corrected chi connectivity index (χ4v) is 3.85. The number of nitrogens with zero attached hydrogens (tertiary/aromatic N) is 3. The van der Waals surface area contributed by atoms with Crippen LogP contribution in [0.25, 0.3) is 11.4 Å². The summed E-state index contributed by atoms with van der Waals surface area (Å²) in [4.78, 5) is 12.3. The third-order valence-corrected chi connectivity index (χ3v) is 5.47. The van der Waals surface area contributed by atoms with Gasteiger partial charge in [0.1, 0.15) is 5.75 Å². The lowest BCUT2D eigenvalue weighted by atomic mass is 10.2. The van der Waals surface area contributed by atoms with Gasteiger partial charge in [0.15, 0.2) is 11.0 Å². The Morgan fingerprint density at radius 1 is 1.13 bits per heavy atom. The zero-order chi connectivity index (χ0) is 21.7. The van der Waals surface area contributed by atoms with Crippen molar-refractivity contribution in [3.8, 4) is 17.1 Å². The minimum absolute atomic E-state index is 0.179. The van der Waals surface area contributed by atoms with E-state index in [4.69, 9.17) is 27.9 Å². The molecule has 0 unspecified atom stereocenters. The highest BCUT2D eigenvalue weighted by Crippen LogP contribution is 2.26. The number of hydrogen-bond donors (Lipinski definition) is 1. The molecule has 0 spiro atoms. The van der Waals surface area contributed by atoms with Crippen LogP contribution in [0.15, 0.2) is 47.6 Å². The number of halogens is 2. The van der Waals surface area contributed by atoms with E-state index in [2.05, 4.69) is 29.4 Å². The van der Waals surface area contributed by atoms with Gasteiger partial charge in [-0.1, -0.05) is 48.8 Å². The molecule has 0 fully saturated rings. The van der Waals surface area contributed by atoms with Crippen LogP contribution < -0.4 is 10.1 Å². The summed E-state index contributed by atoms with van der Waals surface area (Å²) >= 11 is 13.2. The van der Waals surface area contributed by atoms with Crippen molar-refractivity contribution in [2.45, 2.75) is 19.0 Å². The molecule has 0 atom stereocenters. The smallest absolute Gasteiger partial charge is 0.234 e. The van der Waals surface area contributed by atoms with Gasteiger partial charge >= 0.3 is 0 Å². The number of benzene rings is 2. The van der Waals surface area contributed by atoms with Crippen molar-refractivity contribution in [2.75, 3.05) is 17.7 Å². The predicted octanol–water partition coefficient (Wildman–Crippen LogP) is 5.55. The molecule has 1 aromatic heterocycles. The van der Waals surface area contributed by atoms with Crippen molar-refractivity contribution in [1.82, 2.24) is 14.8 Å². The van der Waals surface area contributed by atoms with Gasteiger partial charge < -0.3 is 14.6 Å². The molecule has 0 bridgehead atoms. The molecule has 0 saturated carbocycles. The van der Waals surface area contributed by atoms with Crippen molar-refractivity contribution in [3.05, 3.63) is 52.5 Å². The number of hydrogen-bond acceptors (Lipinski definition) is 5. The molecule has 2 aromatic carbocycles. The van der Waals surface area contributed by atoms with Gasteiger partial charge in [0, 0.05) is 28.3 Å². The summed E-state index contributed by atoms with van der Waals surface area (Å²) in [5.74, 6) is 2.00. The van der Waals surface area contributed by atoms with Gasteiger partial charge in [-0.3, -0.25) is 4.79 Å². The first-order valence-corrected chi connectivity index (χ1v) is 11.1. The second-order valence-corrected chi connectivity index (χ2v) is 8.90. The molecule has 0 radical (unpaired) electrons.